The highest BCUT2D eigenvalue weighted by atomic mass is 35.5. The number of aromatic amines is 1. The van der Waals surface area contributed by atoms with E-state index in [-0.39, 0.29) is 0 Å². The molecule has 1 heterocycles. The third-order valence-corrected chi connectivity index (χ3v) is 5.93. The summed E-state index contributed by atoms with van der Waals surface area (Å²) >= 11 is 6.13. The fraction of sp³-hybridized carbons (Fsp3) is 0.192. The van der Waals surface area contributed by atoms with Gasteiger partial charge in [0.15, 0.2) is 6.10 Å². The van der Waals surface area contributed by atoms with Crippen LogP contribution in [0.3, 0.4) is 0 Å². The van der Waals surface area contributed by atoms with Crippen LogP contribution in [-0.4, -0.2) is 35.1 Å². The molecular formula is C26H24ClN3O4. The van der Waals surface area contributed by atoms with Crippen LogP contribution in [-0.2, 0) is 9.53 Å². The molecule has 0 fully saturated rings. The van der Waals surface area contributed by atoms with Crippen molar-refractivity contribution in [3.63, 3.8) is 0 Å². The Hall–Kier alpha value is -3.84. The topological polar surface area (TPSA) is 93.3 Å². The van der Waals surface area contributed by atoms with Gasteiger partial charge in [0.2, 0.25) is 0 Å². The zero-order chi connectivity index (χ0) is 24.2. The Morgan fingerprint density at radius 1 is 1.12 bits per heavy atom. The Balaban J connectivity index is 1.49. The lowest BCUT2D eigenvalue weighted by atomic mass is 10.1. The second-order valence-electron chi connectivity index (χ2n) is 7.75. The Morgan fingerprint density at radius 2 is 1.88 bits per heavy atom. The van der Waals surface area contributed by atoms with Crippen molar-refractivity contribution in [2.24, 2.45) is 0 Å². The highest BCUT2D eigenvalue weighted by molar-refractivity contribution is 6.31. The first-order valence-corrected chi connectivity index (χ1v) is 11.2. The minimum Gasteiger partial charge on any atom is -0.497 e. The number of amides is 1. The SMILES string of the molecule is CCC(OC(=O)c1ccc2nc(-c3ccc(OC)cc3)[nH]c2c1)C(=O)Nc1cccc(Cl)c1C. The molecule has 0 radical (unpaired) electrons. The third kappa shape index (κ3) is 4.89. The summed E-state index contributed by atoms with van der Waals surface area (Å²) in [5, 5.41) is 3.34. The van der Waals surface area contributed by atoms with Gasteiger partial charge in [0.05, 0.1) is 23.7 Å². The van der Waals surface area contributed by atoms with Gasteiger partial charge in [-0.3, -0.25) is 4.79 Å². The number of esters is 1. The predicted molar refractivity (Wildman–Crippen MR) is 132 cm³/mol. The molecule has 34 heavy (non-hydrogen) atoms. The average Bonchev–Trinajstić information content (AvgIpc) is 3.28. The molecule has 1 aromatic heterocycles. The molecule has 0 saturated heterocycles. The summed E-state index contributed by atoms with van der Waals surface area (Å²) in [5.41, 5.74) is 3.94. The van der Waals surface area contributed by atoms with Crippen molar-refractivity contribution in [3.8, 4) is 17.1 Å². The number of anilines is 1. The van der Waals surface area contributed by atoms with E-state index in [2.05, 4.69) is 15.3 Å². The summed E-state index contributed by atoms with van der Waals surface area (Å²) in [7, 11) is 1.61. The lowest BCUT2D eigenvalue weighted by Crippen LogP contribution is -2.32. The van der Waals surface area contributed by atoms with Gasteiger partial charge in [-0.25, -0.2) is 9.78 Å². The average molecular weight is 478 g/mol. The summed E-state index contributed by atoms with van der Waals surface area (Å²) in [6, 6.07) is 17.8. The normalized spacial score (nSPS) is 11.8. The van der Waals surface area contributed by atoms with Crippen molar-refractivity contribution in [1.29, 1.82) is 0 Å². The highest BCUT2D eigenvalue weighted by Gasteiger charge is 2.23. The van der Waals surface area contributed by atoms with Crippen molar-refractivity contribution in [2.75, 3.05) is 12.4 Å². The lowest BCUT2D eigenvalue weighted by Gasteiger charge is -2.17. The number of carbonyl (C=O) groups excluding carboxylic acids is 2. The fourth-order valence-electron chi connectivity index (χ4n) is 3.50. The van der Waals surface area contributed by atoms with E-state index in [0.29, 0.717) is 39.6 Å². The van der Waals surface area contributed by atoms with E-state index in [1.54, 1.807) is 50.4 Å². The van der Waals surface area contributed by atoms with Crippen molar-refractivity contribution < 1.29 is 19.1 Å². The predicted octanol–water partition coefficient (Wildman–Crippen LogP) is 5.77. The van der Waals surface area contributed by atoms with Crippen molar-refractivity contribution in [1.82, 2.24) is 9.97 Å². The molecule has 0 bridgehead atoms. The second kappa shape index (κ2) is 9.97. The number of hydrogen-bond donors (Lipinski definition) is 2. The number of nitrogens with one attached hydrogen (secondary N) is 2. The van der Waals surface area contributed by atoms with Gasteiger partial charge in [0, 0.05) is 16.3 Å². The van der Waals surface area contributed by atoms with E-state index in [1.807, 2.05) is 31.2 Å². The van der Waals surface area contributed by atoms with Gasteiger partial charge >= 0.3 is 5.97 Å². The minimum atomic E-state index is -0.946. The molecule has 0 aliphatic heterocycles. The highest BCUT2D eigenvalue weighted by Crippen LogP contribution is 2.25. The van der Waals surface area contributed by atoms with Crippen LogP contribution < -0.4 is 10.1 Å². The summed E-state index contributed by atoms with van der Waals surface area (Å²) in [6.45, 7) is 3.59. The fourth-order valence-corrected chi connectivity index (χ4v) is 3.67. The van der Waals surface area contributed by atoms with Gasteiger partial charge < -0.3 is 19.8 Å². The number of benzene rings is 3. The zero-order valence-electron chi connectivity index (χ0n) is 19.0. The van der Waals surface area contributed by atoms with Crippen LogP contribution in [0.1, 0.15) is 29.3 Å². The maximum Gasteiger partial charge on any atom is 0.338 e. The largest absolute Gasteiger partial charge is 0.497 e. The molecule has 2 N–H and O–H groups in total. The number of carbonyl (C=O) groups is 2. The standard InChI is InChI=1S/C26H24ClN3O4/c1-4-23(25(31)30-20-7-5-6-19(27)15(20)2)34-26(32)17-10-13-21-22(14-17)29-24(28-21)16-8-11-18(33-3)12-9-16/h5-14,23H,4H2,1-3H3,(H,28,29)(H,30,31). The molecule has 0 saturated carbocycles. The van der Waals surface area contributed by atoms with Crippen LogP contribution >= 0.6 is 11.6 Å². The Bertz CT molecular complexity index is 1350. The van der Waals surface area contributed by atoms with E-state index >= 15 is 0 Å². The summed E-state index contributed by atoms with van der Waals surface area (Å²) < 4.78 is 10.7. The summed E-state index contributed by atoms with van der Waals surface area (Å²) in [5.74, 6) is 0.425. The van der Waals surface area contributed by atoms with Crippen LogP contribution in [0.15, 0.2) is 60.7 Å². The Labute approximate surface area is 202 Å². The lowest BCUT2D eigenvalue weighted by molar-refractivity contribution is -0.124. The van der Waals surface area contributed by atoms with E-state index in [0.717, 1.165) is 16.9 Å². The number of nitrogens with zero attached hydrogens (tertiary/aromatic N) is 1. The van der Waals surface area contributed by atoms with E-state index < -0.39 is 18.0 Å². The van der Waals surface area contributed by atoms with Gasteiger partial charge in [-0.15, -0.1) is 0 Å². The molecule has 3 aromatic carbocycles. The number of rotatable bonds is 7. The van der Waals surface area contributed by atoms with Crippen molar-refractivity contribution in [2.45, 2.75) is 26.4 Å². The molecule has 174 valence electrons. The van der Waals surface area contributed by atoms with Gasteiger partial charge in [-0.05, 0) is 73.5 Å². The molecule has 1 unspecified atom stereocenters. The monoisotopic (exact) mass is 477 g/mol. The maximum atomic E-state index is 12.8. The van der Waals surface area contributed by atoms with Crippen LogP contribution in [0.2, 0.25) is 5.02 Å². The second-order valence-corrected chi connectivity index (χ2v) is 8.16. The summed E-state index contributed by atoms with van der Waals surface area (Å²) in [4.78, 5) is 33.4. The minimum absolute atomic E-state index is 0.322. The number of aromatic nitrogens is 2. The number of fused-ring (bicyclic) bond motifs is 1. The third-order valence-electron chi connectivity index (χ3n) is 5.52. The summed E-state index contributed by atoms with van der Waals surface area (Å²) in [6.07, 6.45) is -0.622. The van der Waals surface area contributed by atoms with Gasteiger partial charge in [0.1, 0.15) is 11.6 Å². The van der Waals surface area contributed by atoms with E-state index in [9.17, 15) is 9.59 Å². The first-order chi connectivity index (χ1) is 16.4. The molecule has 0 aliphatic carbocycles. The van der Waals surface area contributed by atoms with Crippen molar-refractivity contribution in [3.05, 3.63) is 76.8 Å². The Morgan fingerprint density at radius 3 is 2.59 bits per heavy atom. The number of hydrogen-bond acceptors (Lipinski definition) is 5. The molecule has 7 nitrogen and oxygen atoms in total. The quantitative estimate of drug-likeness (QED) is 0.329. The number of halogens is 1. The maximum absolute atomic E-state index is 12.8. The van der Waals surface area contributed by atoms with Crippen LogP contribution in [0.5, 0.6) is 5.75 Å². The smallest absolute Gasteiger partial charge is 0.338 e. The molecule has 0 spiro atoms. The Kier molecular flexibility index (Phi) is 6.84. The molecule has 4 rings (SSSR count). The van der Waals surface area contributed by atoms with Gasteiger partial charge in [-0.1, -0.05) is 24.6 Å². The molecule has 1 atom stereocenters. The van der Waals surface area contributed by atoms with Gasteiger partial charge in [-0.2, -0.15) is 0 Å². The number of H-pyrrole nitrogens is 1. The molecule has 1 amide bonds. The number of methoxy groups -OCH3 is 1. The number of imidazole rings is 1. The molecular weight excluding hydrogens is 454 g/mol. The van der Waals surface area contributed by atoms with E-state index in [4.69, 9.17) is 21.1 Å². The number of ether oxygens (including phenoxy) is 2. The van der Waals surface area contributed by atoms with Crippen LogP contribution in [0.4, 0.5) is 5.69 Å². The van der Waals surface area contributed by atoms with Crippen LogP contribution in [0, 0.1) is 6.92 Å². The molecule has 8 heteroatoms. The van der Waals surface area contributed by atoms with Crippen LogP contribution in [0.25, 0.3) is 22.4 Å². The first kappa shape index (κ1) is 23.3. The molecule has 4 aromatic rings. The first-order valence-electron chi connectivity index (χ1n) is 10.8. The van der Waals surface area contributed by atoms with Gasteiger partial charge in [0.25, 0.3) is 5.91 Å². The zero-order valence-corrected chi connectivity index (χ0v) is 19.8. The van der Waals surface area contributed by atoms with Crippen molar-refractivity contribution >= 4 is 40.2 Å². The molecule has 0 aliphatic rings. The van der Waals surface area contributed by atoms with E-state index in [1.165, 1.54) is 0 Å².